The Balaban J connectivity index is 1.60. The Hall–Kier alpha value is -2.99. The first kappa shape index (κ1) is 17.4. The Morgan fingerprint density at radius 1 is 0.926 bits per heavy atom. The van der Waals surface area contributed by atoms with Crippen molar-refractivity contribution in [3.8, 4) is 0 Å². The monoisotopic (exact) mass is 361 g/mol. The summed E-state index contributed by atoms with van der Waals surface area (Å²) in [5.41, 5.74) is 1.43. The lowest BCUT2D eigenvalue weighted by Crippen LogP contribution is -2.45. The maximum Gasteiger partial charge on any atom is 0.272 e. The number of fused-ring (bicyclic) bond motifs is 1. The van der Waals surface area contributed by atoms with Crippen LogP contribution in [0.4, 0.5) is 5.82 Å². The molecular formula is C21H23N5O. The molecule has 0 unspecified atom stereocenters. The topological polar surface area (TPSA) is 61.4 Å². The lowest BCUT2D eigenvalue weighted by molar-refractivity contribution is 0.0947. The number of carbonyl (C=O) groups is 1. The van der Waals surface area contributed by atoms with Gasteiger partial charge >= 0.3 is 0 Å². The largest absolute Gasteiger partial charge is 0.352 e. The molecule has 2 aromatic carbocycles. The zero-order valence-electron chi connectivity index (χ0n) is 15.4. The number of carbonyl (C=O) groups excluding carboxylic acids is 1. The third-order valence-corrected chi connectivity index (χ3v) is 4.98. The number of likely N-dealkylation sites (N-methyl/N-ethyl adjacent to an activating group) is 1. The second-order valence-corrected chi connectivity index (χ2v) is 6.88. The van der Waals surface area contributed by atoms with Crippen molar-refractivity contribution in [3.05, 3.63) is 65.9 Å². The minimum atomic E-state index is -0.201. The van der Waals surface area contributed by atoms with E-state index >= 15 is 0 Å². The molecule has 0 bridgehead atoms. The molecule has 1 N–H and O–H groups in total. The van der Waals surface area contributed by atoms with E-state index in [1.807, 2.05) is 54.6 Å². The van der Waals surface area contributed by atoms with Gasteiger partial charge in [0, 0.05) is 43.5 Å². The summed E-state index contributed by atoms with van der Waals surface area (Å²) in [6, 6.07) is 17.7. The second kappa shape index (κ2) is 7.72. The zero-order chi connectivity index (χ0) is 18.6. The molecule has 1 aromatic heterocycles. The molecule has 6 nitrogen and oxygen atoms in total. The van der Waals surface area contributed by atoms with Gasteiger partial charge in [-0.1, -0.05) is 54.6 Å². The van der Waals surface area contributed by atoms with Gasteiger partial charge in [0.25, 0.3) is 5.91 Å². The summed E-state index contributed by atoms with van der Waals surface area (Å²) in [4.78, 5) is 17.3. The van der Waals surface area contributed by atoms with Gasteiger partial charge in [0.2, 0.25) is 0 Å². The van der Waals surface area contributed by atoms with Gasteiger partial charge in [-0.3, -0.25) is 4.79 Å². The van der Waals surface area contributed by atoms with Gasteiger partial charge in [0.05, 0.1) is 0 Å². The summed E-state index contributed by atoms with van der Waals surface area (Å²) in [6.07, 6.45) is 0. The molecule has 138 valence electrons. The molecule has 1 amide bonds. The molecule has 3 aromatic rings. The van der Waals surface area contributed by atoms with Crippen LogP contribution in [0.1, 0.15) is 16.1 Å². The highest BCUT2D eigenvalue weighted by Crippen LogP contribution is 2.26. The van der Waals surface area contributed by atoms with E-state index in [0.717, 1.165) is 48.3 Å². The molecule has 0 aliphatic carbocycles. The van der Waals surface area contributed by atoms with Crippen LogP contribution < -0.4 is 10.2 Å². The van der Waals surface area contributed by atoms with Crippen LogP contribution >= 0.6 is 0 Å². The number of aromatic nitrogens is 2. The summed E-state index contributed by atoms with van der Waals surface area (Å²) in [6.45, 7) is 4.28. The van der Waals surface area contributed by atoms with E-state index < -0.39 is 0 Å². The van der Waals surface area contributed by atoms with Crippen LogP contribution in [-0.2, 0) is 6.54 Å². The van der Waals surface area contributed by atoms with Gasteiger partial charge in [-0.05, 0) is 12.6 Å². The predicted molar refractivity (Wildman–Crippen MR) is 107 cm³/mol. The lowest BCUT2D eigenvalue weighted by Gasteiger charge is -2.33. The van der Waals surface area contributed by atoms with E-state index in [4.69, 9.17) is 0 Å². The molecule has 1 saturated heterocycles. The van der Waals surface area contributed by atoms with Gasteiger partial charge < -0.3 is 15.1 Å². The van der Waals surface area contributed by atoms with Crippen molar-refractivity contribution in [3.63, 3.8) is 0 Å². The van der Waals surface area contributed by atoms with Crippen molar-refractivity contribution in [2.75, 3.05) is 38.1 Å². The SMILES string of the molecule is CN1CCN(c2nnc(C(=O)NCc3ccccc3)c3ccccc23)CC1. The lowest BCUT2D eigenvalue weighted by atomic mass is 10.1. The minimum absolute atomic E-state index is 0.201. The van der Waals surface area contributed by atoms with Crippen LogP contribution in [0.15, 0.2) is 54.6 Å². The molecule has 0 saturated carbocycles. The zero-order valence-corrected chi connectivity index (χ0v) is 15.4. The first-order chi connectivity index (χ1) is 13.2. The smallest absolute Gasteiger partial charge is 0.272 e. The number of nitrogens with one attached hydrogen (secondary N) is 1. The van der Waals surface area contributed by atoms with Gasteiger partial charge in [-0.15, -0.1) is 10.2 Å². The molecule has 27 heavy (non-hydrogen) atoms. The van der Waals surface area contributed by atoms with Crippen molar-refractivity contribution in [2.24, 2.45) is 0 Å². The number of hydrogen-bond donors (Lipinski definition) is 1. The maximum absolute atomic E-state index is 12.7. The van der Waals surface area contributed by atoms with E-state index in [1.165, 1.54) is 0 Å². The molecule has 4 rings (SSSR count). The molecule has 1 fully saturated rings. The van der Waals surface area contributed by atoms with Crippen LogP contribution in [0.2, 0.25) is 0 Å². The fraction of sp³-hybridized carbons (Fsp3) is 0.286. The minimum Gasteiger partial charge on any atom is -0.352 e. The van der Waals surface area contributed by atoms with E-state index in [2.05, 4.69) is 32.4 Å². The van der Waals surface area contributed by atoms with Gasteiger partial charge in [-0.25, -0.2) is 0 Å². The number of benzene rings is 2. The number of nitrogens with zero attached hydrogens (tertiary/aromatic N) is 4. The number of anilines is 1. The fourth-order valence-electron chi connectivity index (χ4n) is 3.37. The number of rotatable bonds is 4. The van der Waals surface area contributed by atoms with Gasteiger partial charge in [0.15, 0.2) is 11.5 Å². The Morgan fingerprint density at radius 3 is 2.33 bits per heavy atom. The Morgan fingerprint density at radius 2 is 1.59 bits per heavy atom. The highest BCUT2D eigenvalue weighted by atomic mass is 16.1. The summed E-state index contributed by atoms with van der Waals surface area (Å²) in [5.74, 6) is 0.658. The molecule has 1 aliphatic rings. The normalized spacial score (nSPS) is 15.1. The summed E-state index contributed by atoms with van der Waals surface area (Å²) in [7, 11) is 2.13. The van der Waals surface area contributed by atoms with Crippen LogP contribution in [-0.4, -0.2) is 54.2 Å². The predicted octanol–water partition coefficient (Wildman–Crippen LogP) is 2.31. The highest BCUT2D eigenvalue weighted by molar-refractivity contribution is 6.07. The van der Waals surface area contributed by atoms with Crippen molar-refractivity contribution in [1.29, 1.82) is 0 Å². The van der Waals surface area contributed by atoms with Gasteiger partial charge in [0.1, 0.15) is 0 Å². The summed E-state index contributed by atoms with van der Waals surface area (Å²) in [5, 5.41) is 13.5. The molecule has 0 spiro atoms. The van der Waals surface area contributed by atoms with Crippen molar-refractivity contribution >= 4 is 22.5 Å². The third kappa shape index (κ3) is 3.75. The quantitative estimate of drug-likeness (QED) is 0.773. The molecule has 0 atom stereocenters. The van der Waals surface area contributed by atoms with E-state index in [9.17, 15) is 4.79 Å². The van der Waals surface area contributed by atoms with E-state index in [1.54, 1.807) is 0 Å². The van der Waals surface area contributed by atoms with Crippen molar-refractivity contribution < 1.29 is 4.79 Å². The van der Waals surface area contributed by atoms with Crippen LogP contribution in [0, 0.1) is 0 Å². The summed E-state index contributed by atoms with van der Waals surface area (Å²) >= 11 is 0. The van der Waals surface area contributed by atoms with Crippen molar-refractivity contribution in [2.45, 2.75) is 6.54 Å². The number of amides is 1. The standard InChI is InChI=1S/C21H23N5O/c1-25-11-13-26(14-12-25)20-18-10-6-5-9-17(18)19(23-24-20)21(27)22-15-16-7-3-2-4-8-16/h2-10H,11-15H2,1H3,(H,22,27). The molecule has 1 aliphatic heterocycles. The highest BCUT2D eigenvalue weighted by Gasteiger charge is 2.21. The first-order valence-electron chi connectivity index (χ1n) is 9.23. The number of piperazine rings is 1. The average Bonchev–Trinajstić information content (AvgIpc) is 2.73. The van der Waals surface area contributed by atoms with Crippen LogP contribution in [0.25, 0.3) is 10.8 Å². The first-order valence-corrected chi connectivity index (χ1v) is 9.23. The van der Waals surface area contributed by atoms with E-state index in [0.29, 0.717) is 12.2 Å². The second-order valence-electron chi connectivity index (χ2n) is 6.88. The van der Waals surface area contributed by atoms with Crippen LogP contribution in [0.5, 0.6) is 0 Å². The number of hydrogen-bond acceptors (Lipinski definition) is 5. The Bertz CT molecular complexity index is 936. The molecule has 6 heteroatoms. The average molecular weight is 361 g/mol. The third-order valence-electron chi connectivity index (χ3n) is 4.98. The Kier molecular flexibility index (Phi) is 4.98. The maximum atomic E-state index is 12.7. The molecule has 2 heterocycles. The van der Waals surface area contributed by atoms with Crippen LogP contribution in [0.3, 0.4) is 0 Å². The molecular weight excluding hydrogens is 338 g/mol. The Labute approximate surface area is 158 Å². The summed E-state index contributed by atoms with van der Waals surface area (Å²) < 4.78 is 0. The van der Waals surface area contributed by atoms with E-state index in [-0.39, 0.29) is 5.91 Å². The van der Waals surface area contributed by atoms with Crippen molar-refractivity contribution in [1.82, 2.24) is 20.4 Å². The fourth-order valence-corrected chi connectivity index (χ4v) is 3.37. The molecule has 0 radical (unpaired) electrons. The van der Waals surface area contributed by atoms with Gasteiger partial charge in [-0.2, -0.15) is 0 Å².